The summed E-state index contributed by atoms with van der Waals surface area (Å²) in [5.41, 5.74) is 2.26. The van der Waals surface area contributed by atoms with E-state index in [0.717, 1.165) is 44.1 Å². The van der Waals surface area contributed by atoms with Crippen molar-refractivity contribution in [2.24, 2.45) is 11.3 Å². The molecule has 26 heavy (non-hydrogen) atoms. The lowest BCUT2D eigenvalue weighted by atomic mass is 9.65. The topological polar surface area (TPSA) is 37.3 Å². The molecule has 0 aromatic heterocycles. The number of hydrogen-bond acceptors (Lipinski definition) is 1. The van der Waals surface area contributed by atoms with Gasteiger partial charge in [0.1, 0.15) is 0 Å². The zero-order chi connectivity index (χ0) is 18.8. The van der Waals surface area contributed by atoms with Gasteiger partial charge in [-0.1, -0.05) is 87.4 Å². The summed E-state index contributed by atoms with van der Waals surface area (Å²) in [6.07, 6.45) is 6.56. The fraction of sp³-hybridized carbons (Fsp3) is 0.458. The summed E-state index contributed by atoms with van der Waals surface area (Å²) in [5.74, 6) is -0.995. The summed E-state index contributed by atoms with van der Waals surface area (Å²) in [5, 5.41) is 10.1. The first-order valence-electron chi connectivity index (χ1n) is 9.92. The molecular formula is C24H32O2. The van der Waals surface area contributed by atoms with Crippen LogP contribution in [0.2, 0.25) is 0 Å². The van der Waals surface area contributed by atoms with E-state index in [9.17, 15) is 9.90 Å². The Morgan fingerprint density at radius 3 is 2.00 bits per heavy atom. The van der Waals surface area contributed by atoms with E-state index in [4.69, 9.17) is 0 Å². The SMILES string of the molecule is CCCCC(CC)(CCc1ccccc1)C(Cc1ccccc1)C(=O)O. The molecule has 2 rings (SSSR count). The average molecular weight is 353 g/mol. The highest BCUT2D eigenvalue weighted by Crippen LogP contribution is 2.43. The van der Waals surface area contributed by atoms with E-state index >= 15 is 0 Å². The fourth-order valence-electron chi connectivity index (χ4n) is 4.06. The van der Waals surface area contributed by atoms with Crippen molar-refractivity contribution < 1.29 is 9.90 Å². The Kier molecular flexibility index (Phi) is 7.90. The molecule has 0 spiro atoms. The van der Waals surface area contributed by atoms with Crippen molar-refractivity contribution in [1.82, 2.24) is 0 Å². The molecule has 0 saturated heterocycles. The van der Waals surface area contributed by atoms with Crippen LogP contribution in [0.15, 0.2) is 60.7 Å². The van der Waals surface area contributed by atoms with Gasteiger partial charge in [-0.2, -0.15) is 0 Å². The minimum atomic E-state index is -0.653. The van der Waals surface area contributed by atoms with Crippen LogP contribution in [0.5, 0.6) is 0 Å². The van der Waals surface area contributed by atoms with Crippen molar-refractivity contribution in [3.63, 3.8) is 0 Å². The molecule has 0 fully saturated rings. The maximum atomic E-state index is 12.3. The van der Waals surface area contributed by atoms with Gasteiger partial charge < -0.3 is 5.11 Å². The van der Waals surface area contributed by atoms with E-state index in [-0.39, 0.29) is 11.3 Å². The lowest BCUT2D eigenvalue weighted by molar-refractivity contribution is -0.147. The predicted octanol–water partition coefficient (Wildman–Crippen LogP) is 6.15. The van der Waals surface area contributed by atoms with Crippen molar-refractivity contribution >= 4 is 5.97 Å². The van der Waals surface area contributed by atoms with Crippen molar-refractivity contribution in [2.75, 3.05) is 0 Å². The average Bonchev–Trinajstić information content (AvgIpc) is 2.68. The Hall–Kier alpha value is -2.09. The third-order valence-corrected chi connectivity index (χ3v) is 5.81. The van der Waals surface area contributed by atoms with Gasteiger partial charge in [-0.05, 0) is 48.6 Å². The maximum absolute atomic E-state index is 12.3. The van der Waals surface area contributed by atoms with Gasteiger partial charge in [-0.3, -0.25) is 4.79 Å². The van der Waals surface area contributed by atoms with Crippen LogP contribution >= 0.6 is 0 Å². The third-order valence-electron chi connectivity index (χ3n) is 5.81. The number of rotatable bonds is 11. The van der Waals surface area contributed by atoms with Crippen LogP contribution in [-0.4, -0.2) is 11.1 Å². The van der Waals surface area contributed by atoms with Crippen molar-refractivity contribution in [3.8, 4) is 0 Å². The van der Waals surface area contributed by atoms with Crippen LogP contribution < -0.4 is 0 Å². The molecule has 2 nitrogen and oxygen atoms in total. The van der Waals surface area contributed by atoms with E-state index in [0.29, 0.717) is 6.42 Å². The van der Waals surface area contributed by atoms with Crippen molar-refractivity contribution in [2.45, 2.75) is 58.8 Å². The van der Waals surface area contributed by atoms with Gasteiger partial charge in [-0.25, -0.2) is 0 Å². The standard InChI is InChI=1S/C24H32O2/c1-3-5-17-24(4-2,18-16-20-12-8-6-9-13-20)22(23(25)26)19-21-14-10-7-11-15-21/h6-15,22H,3-5,16-19H2,1-2H3,(H,25,26). The zero-order valence-corrected chi connectivity index (χ0v) is 16.2. The molecule has 1 N–H and O–H groups in total. The summed E-state index contributed by atoms with van der Waals surface area (Å²) in [6.45, 7) is 4.35. The Labute approximate surface area is 158 Å². The molecule has 2 unspecified atom stereocenters. The van der Waals surface area contributed by atoms with Gasteiger partial charge in [0.2, 0.25) is 0 Å². The molecule has 2 aromatic carbocycles. The van der Waals surface area contributed by atoms with Crippen molar-refractivity contribution in [1.29, 1.82) is 0 Å². The first kappa shape index (κ1) is 20.2. The minimum absolute atomic E-state index is 0.159. The van der Waals surface area contributed by atoms with Gasteiger partial charge in [0.25, 0.3) is 0 Å². The molecule has 0 bridgehead atoms. The summed E-state index contributed by atoms with van der Waals surface area (Å²) >= 11 is 0. The Morgan fingerprint density at radius 2 is 1.50 bits per heavy atom. The van der Waals surface area contributed by atoms with E-state index in [1.165, 1.54) is 5.56 Å². The van der Waals surface area contributed by atoms with Crippen LogP contribution in [0.4, 0.5) is 0 Å². The summed E-state index contributed by atoms with van der Waals surface area (Å²) in [7, 11) is 0. The van der Waals surface area contributed by atoms with Gasteiger partial charge in [0.05, 0.1) is 5.92 Å². The normalized spacial score (nSPS) is 14.5. The Bertz CT molecular complexity index is 650. The fourth-order valence-corrected chi connectivity index (χ4v) is 4.06. The highest BCUT2D eigenvalue weighted by atomic mass is 16.4. The second-order valence-electron chi connectivity index (χ2n) is 7.39. The number of hydrogen-bond donors (Lipinski definition) is 1. The lowest BCUT2D eigenvalue weighted by Crippen LogP contribution is -2.38. The first-order chi connectivity index (χ1) is 12.6. The summed E-state index contributed by atoms with van der Waals surface area (Å²) in [4.78, 5) is 12.3. The predicted molar refractivity (Wildman–Crippen MR) is 108 cm³/mol. The van der Waals surface area contributed by atoms with Crippen LogP contribution in [0.3, 0.4) is 0 Å². The van der Waals surface area contributed by atoms with E-state index < -0.39 is 5.97 Å². The third kappa shape index (κ3) is 5.45. The molecule has 140 valence electrons. The molecule has 0 aliphatic rings. The summed E-state index contributed by atoms with van der Waals surface area (Å²) in [6, 6.07) is 20.5. The molecule has 0 heterocycles. The second-order valence-corrected chi connectivity index (χ2v) is 7.39. The highest BCUT2D eigenvalue weighted by molar-refractivity contribution is 5.71. The summed E-state index contributed by atoms with van der Waals surface area (Å²) < 4.78 is 0. The Morgan fingerprint density at radius 1 is 0.923 bits per heavy atom. The minimum Gasteiger partial charge on any atom is -0.481 e. The number of benzene rings is 2. The number of carbonyl (C=O) groups is 1. The molecule has 0 amide bonds. The number of unbranched alkanes of at least 4 members (excludes halogenated alkanes) is 1. The highest BCUT2D eigenvalue weighted by Gasteiger charge is 2.40. The number of aryl methyl sites for hydroxylation is 1. The van der Waals surface area contributed by atoms with E-state index in [2.05, 4.69) is 38.1 Å². The molecule has 0 saturated carbocycles. The molecule has 0 radical (unpaired) electrons. The smallest absolute Gasteiger partial charge is 0.307 e. The van der Waals surface area contributed by atoms with Crippen LogP contribution in [0, 0.1) is 11.3 Å². The van der Waals surface area contributed by atoms with E-state index in [1.54, 1.807) is 0 Å². The molecule has 2 heteroatoms. The molecule has 0 aliphatic carbocycles. The van der Waals surface area contributed by atoms with Crippen molar-refractivity contribution in [3.05, 3.63) is 71.8 Å². The first-order valence-corrected chi connectivity index (χ1v) is 9.92. The number of aliphatic carboxylic acids is 1. The largest absolute Gasteiger partial charge is 0.481 e. The maximum Gasteiger partial charge on any atom is 0.307 e. The van der Waals surface area contributed by atoms with Crippen LogP contribution in [0.1, 0.15) is 57.1 Å². The Balaban J connectivity index is 2.26. The number of carboxylic acid groups (broad SMARTS) is 1. The van der Waals surface area contributed by atoms with Gasteiger partial charge in [0.15, 0.2) is 0 Å². The quantitative estimate of drug-likeness (QED) is 0.526. The molecule has 2 aromatic rings. The van der Waals surface area contributed by atoms with Gasteiger partial charge in [-0.15, -0.1) is 0 Å². The van der Waals surface area contributed by atoms with Gasteiger partial charge in [0, 0.05) is 0 Å². The van der Waals surface area contributed by atoms with E-state index in [1.807, 2.05) is 36.4 Å². The zero-order valence-electron chi connectivity index (χ0n) is 16.2. The monoisotopic (exact) mass is 352 g/mol. The van der Waals surface area contributed by atoms with Gasteiger partial charge >= 0.3 is 5.97 Å². The lowest BCUT2D eigenvalue weighted by Gasteiger charge is -2.39. The van der Waals surface area contributed by atoms with Crippen LogP contribution in [0.25, 0.3) is 0 Å². The molecule has 0 aliphatic heterocycles. The molecular weight excluding hydrogens is 320 g/mol. The van der Waals surface area contributed by atoms with Crippen LogP contribution in [-0.2, 0) is 17.6 Å². The second kappa shape index (κ2) is 10.2. The molecule has 2 atom stereocenters. The number of carboxylic acids is 1.